The van der Waals surface area contributed by atoms with Crippen LogP contribution in [0.1, 0.15) is 34.6 Å². The zero-order chi connectivity index (χ0) is 16.1. The highest BCUT2D eigenvalue weighted by Gasteiger charge is 2.32. The molecule has 0 N–H and O–H groups in total. The van der Waals surface area contributed by atoms with Gasteiger partial charge in [-0.1, -0.05) is 0 Å². The number of hydrogen-bond acceptors (Lipinski definition) is 5. The molecule has 22 heavy (non-hydrogen) atoms. The molecule has 0 aromatic heterocycles. The van der Waals surface area contributed by atoms with Crippen LogP contribution in [-0.4, -0.2) is 20.0 Å². The van der Waals surface area contributed by atoms with Crippen molar-refractivity contribution in [3.63, 3.8) is 0 Å². The van der Waals surface area contributed by atoms with Gasteiger partial charge < -0.3 is 4.74 Å². The molecule has 0 saturated carbocycles. The molecule has 2 aromatic carbocycles. The lowest BCUT2D eigenvalue weighted by atomic mass is 10.1. The molecule has 0 bridgehead atoms. The van der Waals surface area contributed by atoms with E-state index in [1.807, 2.05) is 0 Å². The fourth-order valence-electron chi connectivity index (χ4n) is 2.28. The van der Waals surface area contributed by atoms with Gasteiger partial charge in [-0.15, -0.1) is 0 Å². The predicted octanol–water partition coefficient (Wildman–Crippen LogP) is 3.03. The minimum Gasteiger partial charge on any atom is -0.455 e. The van der Waals surface area contributed by atoms with Gasteiger partial charge in [-0.3, -0.25) is 9.59 Å². The average molecular weight is 316 g/mol. The second kappa shape index (κ2) is 4.78. The quantitative estimate of drug-likeness (QED) is 0.679. The van der Waals surface area contributed by atoms with Crippen molar-refractivity contribution in [2.45, 2.75) is 23.6 Å². The molecule has 0 fully saturated rings. The van der Waals surface area contributed by atoms with Crippen molar-refractivity contribution in [3.8, 4) is 11.5 Å². The van der Waals surface area contributed by atoms with Crippen molar-refractivity contribution < 1.29 is 22.7 Å². The van der Waals surface area contributed by atoms with Crippen LogP contribution in [-0.2, 0) is 9.84 Å². The Bertz CT molecular complexity index is 856. The lowest BCUT2D eigenvalue weighted by Crippen LogP contribution is -2.13. The van der Waals surface area contributed by atoms with Gasteiger partial charge >= 0.3 is 0 Å². The minimum atomic E-state index is -3.84. The molecule has 0 amide bonds. The van der Waals surface area contributed by atoms with Gasteiger partial charge in [-0.25, -0.2) is 8.42 Å². The Balaban J connectivity index is 2.26. The first kappa shape index (κ1) is 14.5. The third kappa shape index (κ3) is 2.12. The first-order valence-electron chi connectivity index (χ1n) is 6.53. The van der Waals surface area contributed by atoms with Crippen LogP contribution >= 0.6 is 0 Å². The lowest BCUT2D eigenvalue weighted by Gasteiger charge is -2.21. The number of carbonyl (C=O) groups is 2. The van der Waals surface area contributed by atoms with E-state index in [0.717, 1.165) is 0 Å². The molecular formula is C16H12O5S. The molecule has 5 nitrogen and oxygen atoms in total. The Labute approximate surface area is 127 Å². The van der Waals surface area contributed by atoms with Crippen molar-refractivity contribution in [2.75, 3.05) is 0 Å². The molecule has 0 spiro atoms. The highest BCUT2D eigenvalue weighted by Crippen LogP contribution is 2.43. The zero-order valence-electron chi connectivity index (χ0n) is 11.9. The van der Waals surface area contributed by atoms with E-state index in [4.69, 9.17) is 4.74 Å². The minimum absolute atomic E-state index is 0.0617. The van der Waals surface area contributed by atoms with Crippen LogP contribution in [0.5, 0.6) is 11.5 Å². The normalized spacial score (nSPS) is 14.5. The summed E-state index contributed by atoms with van der Waals surface area (Å²) in [5.74, 6) is -0.122. The molecule has 1 heterocycles. The fraction of sp³-hybridized carbons (Fsp3) is 0.125. The SMILES string of the molecule is CC(=O)c1ccc2c(c1)S(=O)(=O)c1cc(C(C)=O)ccc1O2. The van der Waals surface area contributed by atoms with Crippen LogP contribution in [0.3, 0.4) is 0 Å². The molecule has 3 rings (SSSR count). The maximum absolute atomic E-state index is 12.7. The molecular weight excluding hydrogens is 304 g/mol. The third-order valence-electron chi connectivity index (χ3n) is 3.50. The third-order valence-corrected chi connectivity index (χ3v) is 5.30. The smallest absolute Gasteiger partial charge is 0.214 e. The number of ether oxygens (including phenoxy) is 1. The fourth-order valence-corrected chi connectivity index (χ4v) is 3.83. The molecule has 0 unspecified atom stereocenters. The van der Waals surface area contributed by atoms with Gasteiger partial charge in [0.25, 0.3) is 0 Å². The topological polar surface area (TPSA) is 77.5 Å². The average Bonchev–Trinajstić information content (AvgIpc) is 2.46. The highest BCUT2D eigenvalue weighted by molar-refractivity contribution is 7.91. The number of benzene rings is 2. The molecule has 0 atom stereocenters. The van der Waals surface area contributed by atoms with E-state index in [9.17, 15) is 18.0 Å². The summed E-state index contributed by atoms with van der Waals surface area (Å²) in [6, 6.07) is 8.57. The predicted molar refractivity (Wildman–Crippen MR) is 78.4 cm³/mol. The Hall–Kier alpha value is -2.47. The Kier molecular flexibility index (Phi) is 3.14. The zero-order valence-corrected chi connectivity index (χ0v) is 12.7. The molecule has 2 aromatic rings. The summed E-state index contributed by atoms with van der Waals surface area (Å²) in [6.45, 7) is 2.72. The van der Waals surface area contributed by atoms with Crippen LogP contribution < -0.4 is 4.74 Å². The molecule has 0 radical (unpaired) electrons. The first-order chi connectivity index (χ1) is 10.3. The summed E-state index contributed by atoms with van der Waals surface area (Å²) in [7, 11) is -3.84. The summed E-state index contributed by atoms with van der Waals surface area (Å²) in [5.41, 5.74) is 0.578. The van der Waals surface area contributed by atoms with Gasteiger partial charge in [-0.2, -0.15) is 0 Å². The van der Waals surface area contributed by atoms with Gasteiger partial charge in [-0.05, 0) is 50.2 Å². The van der Waals surface area contributed by atoms with E-state index in [2.05, 4.69) is 0 Å². The number of fused-ring (bicyclic) bond motifs is 2. The second-order valence-corrected chi connectivity index (χ2v) is 6.93. The molecule has 1 aliphatic rings. The van der Waals surface area contributed by atoms with Crippen molar-refractivity contribution in [1.82, 2.24) is 0 Å². The molecule has 1 aliphatic heterocycles. The van der Waals surface area contributed by atoms with E-state index < -0.39 is 9.84 Å². The van der Waals surface area contributed by atoms with Crippen molar-refractivity contribution in [3.05, 3.63) is 47.5 Å². The first-order valence-corrected chi connectivity index (χ1v) is 8.02. The molecule has 6 heteroatoms. The van der Waals surface area contributed by atoms with Crippen LogP contribution in [0, 0.1) is 0 Å². The van der Waals surface area contributed by atoms with Crippen LogP contribution in [0.2, 0.25) is 0 Å². The summed E-state index contributed by atoms with van der Waals surface area (Å²) >= 11 is 0. The van der Waals surface area contributed by atoms with Crippen LogP contribution in [0.15, 0.2) is 46.2 Å². The maximum atomic E-state index is 12.7. The van der Waals surface area contributed by atoms with Gasteiger partial charge in [0.05, 0.1) is 0 Å². The number of hydrogen-bond donors (Lipinski definition) is 0. The van der Waals surface area contributed by atoms with Crippen LogP contribution in [0.4, 0.5) is 0 Å². The van der Waals surface area contributed by atoms with Gasteiger partial charge in [0, 0.05) is 11.1 Å². The summed E-state index contributed by atoms with van der Waals surface area (Å²) in [5, 5.41) is 0. The molecule has 112 valence electrons. The van der Waals surface area contributed by atoms with E-state index >= 15 is 0 Å². The monoisotopic (exact) mass is 316 g/mol. The molecule has 0 aliphatic carbocycles. The Morgan fingerprint density at radius 3 is 1.59 bits per heavy atom. The highest BCUT2D eigenvalue weighted by atomic mass is 32.2. The Morgan fingerprint density at radius 2 is 1.23 bits per heavy atom. The number of rotatable bonds is 2. The van der Waals surface area contributed by atoms with Crippen molar-refractivity contribution in [1.29, 1.82) is 0 Å². The van der Waals surface area contributed by atoms with Gasteiger partial charge in [0.1, 0.15) is 21.3 Å². The summed E-state index contributed by atoms with van der Waals surface area (Å²) < 4.78 is 31.1. The standard InChI is InChI=1S/C16H12O5S/c1-9(17)11-3-5-13-15(7-11)22(19,20)16-8-12(10(2)18)4-6-14(16)21-13/h3-8H,1-2H3. The lowest BCUT2D eigenvalue weighted by molar-refractivity contribution is 0.100. The van der Waals surface area contributed by atoms with Gasteiger partial charge in [0.2, 0.25) is 9.84 Å². The number of ketones is 2. The largest absolute Gasteiger partial charge is 0.455 e. The van der Waals surface area contributed by atoms with E-state index in [1.165, 1.54) is 50.2 Å². The summed E-state index contributed by atoms with van der Waals surface area (Å²) in [6.07, 6.45) is 0. The second-order valence-electron chi connectivity index (χ2n) is 5.04. The number of sulfone groups is 1. The van der Waals surface area contributed by atoms with E-state index in [-0.39, 0.29) is 44.0 Å². The van der Waals surface area contributed by atoms with E-state index in [1.54, 1.807) is 0 Å². The van der Waals surface area contributed by atoms with Crippen molar-refractivity contribution >= 4 is 21.4 Å². The summed E-state index contributed by atoms with van der Waals surface area (Å²) in [4.78, 5) is 22.8. The maximum Gasteiger partial charge on any atom is 0.214 e. The Morgan fingerprint density at radius 1 is 0.818 bits per heavy atom. The van der Waals surface area contributed by atoms with Crippen molar-refractivity contribution in [2.24, 2.45) is 0 Å². The van der Waals surface area contributed by atoms with Gasteiger partial charge in [0.15, 0.2) is 11.6 Å². The van der Waals surface area contributed by atoms with E-state index in [0.29, 0.717) is 0 Å². The number of carbonyl (C=O) groups excluding carboxylic acids is 2. The molecule has 0 saturated heterocycles. The van der Waals surface area contributed by atoms with Crippen LogP contribution in [0.25, 0.3) is 0 Å². The number of Topliss-reactive ketones (excluding diaryl/α,β-unsaturated/α-hetero) is 2.